The van der Waals surface area contributed by atoms with Crippen molar-refractivity contribution in [3.63, 3.8) is 0 Å². The molecular formula is C24H27BrN8O3. The number of carbonyl (C=O) groups excluding carboxylic acids is 1. The molecule has 188 valence electrons. The summed E-state index contributed by atoms with van der Waals surface area (Å²) in [5, 5.41) is 19.8. The third kappa shape index (κ3) is 4.70. The first-order chi connectivity index (χ1) is 17.4. The van der Waals surface area contributed by atoms with Gasteiger partial charge in [0.25, 0.3) is 0 Å². The molecule has 1 fully saturated rings. The highest BCUT2D eigenvalue weighted by atomic mass is 79.9. The van der Waals surface area contributed by atoms with Crippen LogP contribution >= 0.6 is 15.9 Å². The number of amides is 1. The number of nitrogens with zero attached hydrogens (tertiary/aromatic N) is 6. The lowest BCUT2D eigenvalue weighted by molar-refractivity contribution is -0.129. The smallest absolute Gasteiger partial charge is 0.247 e. The monoisotopic (exact) mass is 554 g/mol. The van der Waals surface area contributed by atoms with Gasteiger partial charge in [-0.15, -0.1) is 10.2 Å². The topological polar surface area (TPSA) is 133 Å². The Bertz CT molecular complexity index is 1390. The standard InChI is InChI=1S/C24H27BrN8O3/c1-24(22(34)26-2)10-8-15(12-24)28-23-27-13-17-19(25)32-33(20(17)29-23)16-6-4-14(5-7-16)21-31-30-18(36-21)9-11-35-3/h4-7,13,15H,8-12H2,1-3H3,(H,26,34)(H,27,28,29)/t15-,24-/m1/s1. The number of rotatable bonds is 8. The van der Waals surface area contributed by atoms with Crippen LogP contribution in [0.15, 0.2) is 39.5 Å². The zero-order chi connectivity index (χ0) is 25.3. The van der Waals surface area contributed by atoms with E-state index >= 15 is 0 Å². The number of fused-ring (bicyclic) bond motifs is 1. The van der Waals surface area contributed by atoms with Crippen molar-refractivity contribution in [1.82, 2.24) is 35.3 Å². The first-order valence-electron chi connectivity index (χ1n) is 11.7. The molecule has 12 heteroatoms. The predicted molar refractivity (Wildman–Crippen MR) is 137 cm³/mol. The van der Waals surface area contributed by atoms with Crippen molar-refractivity contribution in [2.75, 3.05) is 26.1 Å². The molecule has 1 amide bonds. The van der Waals surface area contributed by atoms with Gasteiger partial charge < -0.3 is 19.8 Å². The van der Waals surface area contributed by atoms with Crippen molar-refractivity contribution in [2.24, 2.45) is 5.41 Å². The second kappa shape index (κ2) is 9.94. The van der Waals surface area contributed by atoms with E-state index in [9.17, 15) is 4.79 Å². The van der Waals surface area contributed by atoms with Crippen LogP contribution in [0.5, 0.6) is 0 Å². The maximum Gasteiger partial charge on any atom is 0.247 e. The van der Waals surface area contributed by atoms with Crippen LogP contribution in [0, 0.1) is 5.41 Å². The predicted octanol–water partition coefficient (Wildman–Crippen LogP) is 3.53. The minimum Gasteiger partial charge on any atom is -0.421 e. The number of methoxy groups -OCH3 is 1. The molecule has 0 aliphatic heterocycles. The molecule has 2 atom stereocenters. The van der Waals surface area contributed by atoms with Crippen LogP contribution < -0.4 is 10.6 Å². The summed E-state index contributed by atoms with van der Waals surface area (Å²) in [5.41, 5.74) is 1.92. The van der Waals surface area contributed by atoms with Crippen molar-refractivity contribution in [1.29, 1.82) is 0 Å². The van der Waals surface area contributed by atoms with Gasteiger partial charge >= 0.3 is 0 Å². The number of benzene rings is 1. The van der Waals surface area contributed by atoms with Crippen molar-refractivity contribution in [3.8, 4) is 17.1 Å². The van der Waals surface area contributed by atoms with E-state index in [1.54, 1.807) is 25.0 Å². The summed E-state index contributed by atoms with van der Waals surface area (Å²) in [6.45, 7) is 2.52. The third-order valence-corrected chi connectivity index (χ3v) is 7.16. The van der Waals surface area contributed by atoms with E-state index < -0.39 is 0 Å². The number of aromatic nitrogens is 6. The molecule has 0 radical (unpaired) electrons. The highest BCUT2D eigenvalue weighted by Crippen LogP contribution is 2.39. The zero-order valence-electron chi connectivity index (χ0n) is 20.3. The molecule has 0 saturated heterocycles. The average molecular weight is 555 g/mol. The lowest BCUT2D eigenvalue weighted by Gasteiger charge is -2.22. The fourth-order valence-electron chi connectivity index (χ4n) is 4.58. The van der Waals surface area contributed by atoms with Gasteiger partial charge in [0.2, 0.25) is 23.6 Å². The van der Waals surface area contributed by atoms with Gasteiger partial charge in [0, 0.05) is 43.8 Å². The molecule has 36 heavy (non-hydrogen) atoms. The molecule has 4 aromatic rings. The Kier molecular flexibility index (Phi) is 6.71. The Morgan fingerprint density at radius 3 is 2.86 bits per heavy atom. The van der Waals surface area contributed by atoms with Crippen molar-refractivity contribution in [2.45, 2.75) is 38.6 Å². The molecule has 3 aromatic heterocycles. The molecule has 0 bridgehead atoms. The number of halogens is 1. The molecule has 11 nitrogen and oxygen atoms in total. The summed E-state index contributed by atoms with van der Waals surface area (Å²) in [4.78, 5) is 21.5. The number of hydrogen-bond acceptors (Lipinski definition) is 9. The summed E-state index contributed by atoms with van der Waals surface area (Å²) in [7, 11) is 3.31. The molecule has 0 spiro atoms. The van der Waals surface area contributed by atoms with Gasteiger partial charge in [-0.1, -0.05) is 6.92 Å². The van der Waals surface area contributed by atoms with Crippen LogP contribution in [0.2, 0.25) is 0 Å². The summed E-state index contributed by atoms with van der Waals surface area (Å²) >= 11 is 3.52. The second-order valence-corrected chi connectivity index (χ2v) is 9.90. The van der Waals surface area contributed by atoms with E-state index in [1.807, 2.05) is 31.2 Å². The molecule has 0 unspecified atom stereocenters. The molecule has 2 N–H and O–H groups in total. The summed E-state index contributed by atoms with van der Waals surface area (Å²) in [6.07, 6.45) is 4.73. The normalized spacial score (nSPS) is 19.6. The SMILES string of the molecule is CNC(=O)[C@]1(C)CC[C@@H](Nc2ncc3c(Br)nn(-c4ccc(-c5nnc(CCOC)o5)cc4)c3n2)C1. The fourth-order valence-corrected chi connectivity index (χ4v) is 5.02. The number of carbonyl (C=O) groups is 1. The first kappa shape index (κ1) is 24.3. The quantitative estimate of drug-likeness (QED) is 0.335. The van der Waals surface area contributed by atoms with Crippen LogP contribution in [0.4, 0.5) is 5.95 Å². The Morgan fingerprint density at radius 1 is 1.31 bits per heavy atom. The van der Waals surface area contributed by atoms with Gasteiger partial charge in [-0.3, -0.25) is 4.79 Å². The van der Waals surface area contributed by atoms with E-state index in [4.69, 9.17) is 14.1 Å². The van der Waals surface area contributed by atoms with Gasteiger partial charge in [-0.05, 0) is 59.5 Å². The average Bonchev–Trinajstić information content (AvgIpc) is 3.60. The number of nitrogens with one attached hydrogen (secondary N) is 2. The van der Waals surface area contributed by atoms with Crippen LogP contribution in [-0.4, -0.2) is 62.7 Å². The molecule has 1 aliphatic rings. The van der Waals surface area contributed by atoms with Crippen LogP contribution in [-0.2, 0) is 16.0 Å². The lowest BCUT2D eigenvalue weighted by Crippen LogP contribution is -2.35. The zero-order valence-corrected chi connectivity index (χ0v) is 21.9. The van der Waals surface area contributed by atoms with Crippen molar-refractivity contribution >= 4 is 38.8 Å². The second-order valence-electron chi connectivity index (χ2n) is 9.15. The van der Waals surface area contributed by atoms with Gasteiger partial charge in [0.05, 0.1) is 17.7 Å². The highest BCUT2D eigenvalue weighted by molar-refractivity contribution is 9.10. The maximum atomic E-state index is 12.3. The minimum atomic E-state index is -0.383. The maximum absolute atomic E-state index is 12.3. The Labute approximate surface area is 216 Å². The molecule has 1 aliphatic carbocycles. The third-order valence-electron chi connectivity index (χ3n) is 6.57. The molecule has 1 saturated carbocycles. The van der Waals surface area contributed by atoms with Gasteiger partial charge in [0.15, 0.2) is 5.65 Å². The van der Waals surface area contributed by atoms with E-state index in [0.29, 0.717) is 41.0 Å². The summed E-state index contributed by atoms with van der Waals surface area (Å²) in [6, 6.07) is 7.78. The number of ether oxygens (including phenoxy) is 1. The van der Waals surface area contributed by atoms with E-state index in [-0.39, 0.29) is 17.4 Å². The van der Waals surface area contributed by atoms with E-state index in [1.165, 1.54) is 0 Å². The van der Waals surface area contributed by atoms with Gasteiger partial charge in [0.1, 0.15) is 4.60 Å². The Morgan fingerprint density at radius 2 is 2.11 bits per heavy atom. The molecule has 5 rings (SSSR count). The van der Waals surface area contributed by atoms with E-state index in [2.05, 4.69) is 46.8 Å². The van der Waals surface area contributed by atoms with Gasteiger partial charge in [-0.2, -0.15) is 10.1 Å². The number of anilines is 1. The fraction of sp³-hybridized carbons (Fsp3) is 0.417. The molecule has 1 aromatic carbocycles. The number of hydrogen-bond donors (Lipinski definition) is 2. The van der Waals surface area contributed by atoms with Crippen molar-refractivity contribution in [3.05, 3.63) is 41.0 Å². The van der Waals surface area contributed by atoms with Crippen LogP contribution in [0.3, 0.4) is 0 Å². The Hall–Kier alpha value is -3.38. The van der Waals surface area contributed by atoms with Crippen LogP contribution in [0.25, 0.3) is 28.2 Å². The summed E-state index contributed by atoms with van der Waals surface area (Å²) in [5.74, 6) is 1.56. The van der Waals surface area contributed by atoms with Gasteiger partial charge in [-0.25, -0.2) is 9.67 Å². The molecular weight excluding hydrogens is 528 g/mol. The highest BCUT2D eigenvalue weighted by Gasteiger charge is 2.41. The van der Waals surface area contributed by atoms with Crippen LogP contribution in [0.1, 0.15) is 32.1 Å². The largest absolute Gasteiger partial charge is 0.421 e. The molecule has 3 heterocycles. The lowest BCUT2D eigenvalue weighted by atomic mass is 9.87. The Balaban J connectivity index is 1.37. The minimum absolute atomic E-state index is 0.0698. The van der Waals surface area contributed by atoms with E-state index in [0.717, 1.165) is 35.9 Å². The van der Waals surface area contributed by atoms with Crippen molar-refractivity contribution < 1.29 is 13.9 Å². The first-order valence-corrected chi connectivity index (χ1v) is 12.5. The summed E-state index contributed by atoms with van der Waals surface area (Å²) < 4.78 is 13.2.